The Labute approximate surface area is 158 Å². The zero-order valence-electron chi connectivity index (χ0n) is 16.9. The number of carbonyl (C=O) groups excluding carboxylic acids is 2. The summed E-state index contributed by atoms with van der Waals surface area (Å²) in [5.74, 6) is 3.19. The highest BCUT2D eigenvalue weighted by molar-refractivity contribution is 5.90. The van der Waals surface area contributed by atoms with E-state index in [1.165, 1.54) is 31.3 Å². The summed E-state index contributed by atoms with van der Waals surface area (Å²) in [5.41, 5.74) is 5.28. The molecule has 142 valence electrons. The van der Waals surface area contributed by atoms with Crippen molar-refractivity contribution < 1.29 is 9.59 Å². The van der Waals surface area contributed by atoms with Gasteiger partial charge >= 0.3 is 0 Å². The fraction of sp³-hybridized carbons (Fsp3) is 0.792. The third-order valence-electron chi connectivity index (χ3n) is 9.17. The zero-order valence-corrected chi connectivity index (χ0v) is 16.9. The molecule has 4 aliphatic carbocycles. The molecule has 4 fully saturated rings. The molecular weight excluding hydrogens is 320 g/mol. The van der Waals surface area contributed by atoms with Crippen molar-refractivity contribution in [3.05, 3.63) is 17.4 Å². The average Bonchev–Trinajstić information content (AvgIpc) is 2.94. The van der Waals surface area contributed by atoms with Gasteiger partial charge in [-0.1, -0.05) is 13.8 Å². The van der Waals surface area contributed by atoms with Crippen LogP contribution < -0.4 is 0 Å². The first kappa shape index (κ1) is 18.2. The van der Waals surface area contributed by atoms with Crippen LogP contribution in [0, 0.1) is 40.4 Å². The summed E-state index contributed by atoms with van der Waals surface area (Å²) in [6.07, 6.45) is 9.96. The monoisotopic (exact) mass is 354 g/mol. The summed E-state index contributed by atoms with van der Waals surface area (Å²) in [4.78, 5) is 25.1. The van der Waals surface area contributed by atoms with Crippen LogP contribution in [0.2, 0.25) is 0 Å². The molecule has 0 saturated heterocycles. The molecule has 0 aromatic heterocycles. The van der Waals surface area contributed by atoms with E-state index >= 15 is 0 Å². The van der Waals surface area contributed by atoms with Crippen LogP contribution >= 0.6 is 0 Å². The standard InChI is InChI=1S/C24H34O2/c1-5-6-15(2)18-7-8-19-17-14-22(26)21-13-16(25)9-11-24(21,4)20(17)10-12-23(18,19)3/h5,17-21H,7-14H2,1-4H3/t6?,17?,18-,19?,20?,21?,23-,24-/m1/s1. The van der Waals surface area contributed by atoms with Gasteiger partial charge in [0.1, 0.15) is 11.6 Å². The molecule has 4 aliphatic rings. The number of Topliss-reactive ketones (excluding diaryl/α,β-unsaturated/α-hetero) is 2. The average molecular weight is 355 g/mol. The lowest BCUT2D eigenvalue weighted by Gasteiger charge is -2.59. The second kappa shape index (κ2) is 6.20. The lowest BCUT2D eigenvalue weighted by atomic mass is 9.44. The van der Waals surface area contributed by atoms with Crippen LogP contribution in [0.3, 0.4) is 0 Å². The van der Waals surface area contributed by atoms with E-state index in [2.05, 4.69) is 33.4 Å². The molecule has 0 bridgehead atoms. The Balaban J connectivity index is 1.67. The molecule has 7 atom stereocenters. The Morgan fingerprint density at radius 3 is 2.50 bits per heavy atom. The number of carbonyl (C=O) groups is 2. The molecule has 4 saturated carbocycles. The second-order valence-electron chi connectivity index (χ2n) is 10.1. The quantitative estimate of drug-likeness (QED) is 0.581. The fourth-order valence-electron chi connectivity index (χ4n) is 7.88. The van der Waals surface area contributed by atoms with Crippen molar-refractivity contribution in [2.24, 2.45) is 40.4 Å². The summed E-state index contributed by atoms with van der Waals surface area (Å²) >= 11 is 0. The highest BCUT2D eigenvalue weighted by atomic mass is 16.1. The van der Waals surface area contributed by atoms with Gasteiger partial charge in [-0.25, -0.2) is 0 Å². The third-order valence-corrected chi connectivity index (χ3v) is 9.17. The van der Waals surface area contributed by atoms with Crippen LogP contribution in [0.5, 0.6) is 0 Å². The first-order valence-corrected chi connectivity index (χ1v) is 10.7. The van der Waals surface area contributed by atoms with Crippen LogP contribution in [-0.4, -0.2) is 11.6 Å². The second-order valence-corrected chi connectivity index (χ2v) is 10.1. The van der Waals surface area contributed by atoms with Crippen LogP contribution in [0.15, 0.2) is 17.4 Å². The molecule has 0 aromatic rings. The van der Waals surface area contributed by atoms with Gasteiger partial charge in [-0.15, -0.1) is 5.73 Å². The van der Waals surface area contributed by atoms with Crippen molar-refractivity contribution in [2.45, 2.75) is 79.1 Å². The minimum absolute atomic E-state index is 0.0104. The zero-order chi connectivity index (χ0) is 18.7. The molecule has 0 aromatic carbocycles. The highest BCUT2D eigenvalue weighted by Crippen LogP contribution is 2.67. The molecule has 0 radical (unpaired) electrons. The number of hydrogen-bond donors (Lipinski definition) is 0. The van der Waals surface area contributed by atoms with E-state index in [0.29, 0.717) is 53.5 Å². The largest absolute Gasteiger partial charge is 0.300 e. The molecule has 26 heavy (non-hydrogen) atoms. The normalized spacial score (nSPS) is 47.5. The maximum atomic E-state index is 13.1. The smallest absolute Gasteiger partial charge is 0.137 e. The topological polar surface area (TPSA) is 34.1 Å². The van der Waals surface area contributed by atoms with E-state index in [-0.39, 0.29) is 11.3 Å². The summed E-state index contributed by atoms with van der Waals surface area (Å²) in [6, 6.07) is 0. The minimum Gasteiger partial charge on any atom is -0.300 e. The summed E-state index contributed by atoms with van der Waals surface area (Å²) in [6.45, 7) is 9.15. The van der Waals surface area contributed by atoms with Crippen LogP contribution in [0.4, 0.5) is 0 Å². The number of hydrogen-bond acceptors (Lipinski definition) is 2. The molecule has 4 rings (SSSR count). The summed E-state index contributed by atoms with van der Waals surface area (Å²) in [7, 11) is 0. The van der Waals surface area contributed by atoms with E-state index in [1.807, 2.05) is 6.08 Å². The maximum absolute atomic E-state index is 13.1. The Bertz CT molecular complexity index is 697. The van der Waals surface area contributed by atoms with Gasteiger partial charge < -0.3 is 0 Å². The van der Waals surface area contributed by atoms with Gasteiger partial charge in [0.25, 0.3) is 0 Å². The van der Waals surface area contributed by atoms with Crippen molar-refractivity contribution in [3.63, 3.8) is 0 Å². The van der Waals surface area contributed by atoms with Gasteiger partial charge in [-0.3, -0.25) is 9.59 Å². The van der Waals surface area contributed by atoms with Gasteiger partial charge in [-0.2, -0.15) is 0 Å². The van der Waals surface area contributed by atoms with Gasteiger partial charge in [0.2, 0.25) is 0 Å². The van der Waals surface area contributed by atoms with Crippen molar-refractivity contribution in [1.29, 1.82) is 0 Å². The van der Waals surface area contributed by atoms with Crippen molar-refractivity contribution in [3.8, 4) is 0 Å². The Morgan fingerprint density at radius 2 is 1.77 bits per heavy atom. The van der Waals surface area contributed by atoms with Crippen LogP contribution in [0.1, 0.15) is 79.1 Å². The SMILES string of the molecule is CC=C=C(C)[C@H]1CCC2C3CC(=O)C4CC(=O)CC[C@]4(C)C3CC[C@@]21C. The van der Waals surface area contributed by atoms with Crippen LogP contribution in [-0.2, 0) is 9.59 Å². The molecule has 4 unspecified atom stereocenters. The molecule has 0 heterocycles. The van der Waals surface area contributed by atoms with E-state index in [9.17, 15) is 9.59 Å². The van der Waals surface area contributed by atoms with E-state index in [4.69, 9.17) is 0 Å². The lowest BCUT2D eigenvalue weighted by molar-refractivity contribution is -0.157. The van der Waals surface area contributed by atoms with Gasteiger partial charge in [0.05, 0.1) is 0 Å². The van der Waals surface area contributed by atoms with E-state index < -0.39 is 0 Å². The number of ketones is 2. The fourth-order valence-corrected chi connectivity index (χ4v) is 7.88. The summed E-state index contributed by atoms with van der Waals surface area (Å²) < 4.78 is 0. The Morgan fingerprint density at radius 1 is 1.04 bits per heavy atom. The van der Waals surface area contributed by atoms with Crippen molar-refractivity contribution in [1.82, 2.24) is 0 Å². The molecule has 0 aliphatic heterocycles. The van der Waals surface area contributed by atoms with Gasteiger partial charge in [0, 0.05) is 25.2 Å². The molecule has 0 spiro atoms. The predicted octanol–water partition coefficient (Wildman–Crippen LogP) is 5.51. The van der Waals surface area contributed by atoms with Gasteiger partial charge in [-0.05, 0) is 92.1 Å². The lowest BCUT2D eigenvalue weighted by Crippen LogP contribution is -2.56. The first-order valence-electron chi connectivity index (χ1n) is 10.7. The van der Waals surface area contributed by atoms with Crippen LogP contribution in [0.25, 0.3) is 0 Å². The Hall–Kier alpha value is -1.14. The van der Waals surface area contributed by atoms with E-state index in [1.54, 1.807) is 0 Å². The molecule has 2 heteroatoms. The number of fused-ring (bicyclic) bond motifs is 5. The molecule has 0 amide bonds. The van der Waals surface area contributed by atoms with Gasteiger partial charge in [0.15, 0.2) is 0 Å². The van der Waals surface area contributed by atoms with E-state index in [0.717, 1.165) is 12.8 Å². The summed E-state index contributed by atoms with van der Waals surface area (Å²) in [5, 5.41) is 0. The molecular formula is C24H34O2. The van der Waals surface area contributed by atoms with Crippen molar-refractivity contribution in [2.75, 3.05) is 0 Å². The predicted molar refractivity (Wildman–Crippen MR) is 104 cm³/mol. The first-order chi connectivity index (χ1) is 12.3. The maximum Gasteiger partial charge on any atom is 0.137 e. The number of allylic oxidation sites excluding steroid dienone is 1. The highest BCUT2D eigenvalue weighted by Gasteiger charge is 2.62. The number of rotatable bonds is 1. The Kier molecular flexibility index (Phi) is 4.35. The van der Waals surface area contributed by atoms with Crippen molar-refractivity contribution >= 4 is 11.6 Å². The minimum atomic E-state index is 0.0104. The third kappa shape index (κ3) is 2.44. The molecule has 0 N–H and O–H groups in total. The molecule has 2 nitrogen and oxygen atoms in total.